The number of ether oxygens (including phenoxy) is 3. The first-order chi connectivity index (χ1) is 20.8. The second kappa shape index (κ2) is 11.7. The normalized spacial score (nSPS) is 47.8. The highest BCUT2D eigenvalue weighted by Gasteiger charge is 2.63. The molecule has 10 nitrogen and oxygen atoms in total. The van der Waals surface area contributed by atoms with E-state index >= 15 is 0 Å². The lowest BCUT2D eigenvalue weighted by Gasteiger charge is -2.58. The molecular formula is C34H48O10. The van der Waals surface area contributed by atoms with Gasteiger partial charge in [0.2, 0.25) is 0 Å². The fraction of sp³-hybridized carbons (Fsp3) is 0.765. The molecule has 1 saturated heterocycles. The van der Waals surface area contributed by atoms with E-state index in [9.17, 15) is 35.1 Å². The Hall–Kier alpha value is -1.92. The van der Waals surface area contributed by atoms with Crippen LogP contribution in [0.5, 0.6) is 0 Å². The van der Waals surface area contributed by atoms with Gasteiger partial charge >= 0.3 is 5.97 Å². The first-order valence-corrected chi connectivity index (χ1v) is 16.2. The zero-order chi connectivity index (χ0) is 31.7. The van der Waals surface area contributed by atoms with E-state index in [1.54, 1.807) is 0 Å². The van der Waals surface area contributed by atoms with Crippen LogP contribution in [0.4, 0.5) is 0 Å². The van der Waals surface area contributed by atoms with Crippen LogP contribution in [0.1, 0.15) is 66.2 Å². The molecule has 5 N–H and O–H groups in total. The van der Waals surface area contributed by atoms with Crippen molar-refractivity contribution in [2.75, 3.05) is 13.2 Å². The number of carbonyl (C=O) groups excluding carboxylic acids is 2. The summed E-state index contributed by atoms with van der Waals surface area (Å²) < 4.78 is 17.1. The maximum atomic E-state index is 13.3. The van der Waals surface area contributed by atoms with Gasteiger partial charge in [-0.2, -0.15) is 0 Å². The molecule has 2 heterocycles. The molecule has 14 unspecified atom stereocenters. The van der Waals surface area contributed by atoms with E-state index in [1.807, 2.05) is 25.2 Å². The summed E-state index contributed by atoms with van der Waals surface area (Å²) in [7, 11) is 0. The van der Waals surface area contributed by atoms with Crippen molar-refractivity contribution in [1.82, 2.24) is 0 Å². The number of allylic oxidation sites excluding steroid dienone is 3. The van der Waals surface area contributed by atoms with Crippen LogP contribution < -0.4 is 0 Å². The third kappa shape index (κ3) is 4.87. The molecule has 2 saturated carbocycles. The van der Waals surface area contributed by atoms with Crippen LogP contribution in [-0.4, -0.2) is 93.4 Å². The highest BCUT2D eigenvalue weighted by Crippen LogP contribution is 2.66. The van der Waals surface area contributed by atoms with Gasteiger partial charge in [0.1, 0.15) is 36.3 Å². The Labute approximate surface area is 258 Å². The van der Waals surface area contributed by atoms with Crippen molar-refractivity contribution in [3.05, 3.63) is 34.9 Å². The molecule has 0 aromatic heterocycles. The first-order valence-electron chi connectivity index (χ1n) is 16.2. The van der Waals surface area contributed by atoms with Gasteiger partial charge in [0.05, 0.1) is 30.3 Å². The molecule has 0 aromatic rings. The average Bonchev–Trinajstić information content (AvgIpc) is 3.34. The van der Waals surface area contributed by atoms with Gasteiger partial charge < -0.3 is 39.7 Å². The zero-order valence-corrected chi connectivity index (χ0v) is 26.1. The number of aliphatic hydroxyl groups excluding tert-OH is 5. The number of ketones is 1. The maximum Gasteiger partial charge on any atom is 0.336 e. The monoisotopic (exact) mass is 616 g/mol. The molecule has 44 heavy (non-hydrogen) atoms. The largest absolute Gasteiger partial charge is 0.458 e. The van der Waals surface area contributed by atoms with Crippen LogP contribution in [0.2, 0.25) is 0 Å². The Morgan fingerprint density at radius 1 is 1.05 bits per heavy atom. The van der Waals surface area contributed by atoms with Gasteiger partial charge in [-0.05, 0) is 80.1 Å². The number of rotatable bonds is 6. The lowest BCUT2D eigenvalue weighted by Crippen LogP contribution is -2.59. The molecule has 244 valence electrons. The third-order valence-corrected chi connectivity index (χ3v) is 12.7. The van der Waals surface area contributed by atoms with Crippen LogP contribution in [0.25, 0.3) is 0 Å². The molecule has 6 aliphatic rings. The SMILES string of the molecule is CC1=C(COC2OC(CO)C(O)C(O)C2O)C(=O)OC(C(C)C2CCC3C4C(O)C=C5C=CCC(=O)C5(C)C4CCC23C)C1. The fourth-order valence-corrected chi connectivity index (χ4v) is 9.99. The van der Waals surface area contributed by atoms with Gasteiger partial charge in [0, 0.05) is 12.8 Å². The van der Waals surface area contributed by atoms with E-state index in [1.165, 1.54) is 0 Å². The van der Waals surface area contributed by atoms with Crippen molar-refractivity contribution < 1.29 is 49.3 Å². The van der Waals surface area contributed by atoms with E-state index < -0.39 is 54.8 Å². The summed E-state index contributed by atoms with van der Waals surface area (Å²) in [5.74, 6) is 0.546. The molecule has 0 radical (unpaired) electrons. The Kier molecular flexibility index (Phi) is 8.52. The van der Waals surface area contributed by atoms with Crippen molar-refractivity contribution in [3.8, 4) is 0 Å². The molecule has 3 fully saturated rings. The molecule has 6 rings (SSSR count). The summed E-state index contributed by atoms with van der Waals surface area (Å²) in [6.45, 7) is 7.68. The van der Waals surface area contributed by atoms with Crippen molar-refractivity contribution in [2.45, 2.75) is 109 Å². The Bertz CT molecular complexity index is 1250. The van der Waals surface area contributed by atoms with Gasteiger partial charge in [-0.1, -0.05) is 37.6 Å². The number of Topliss-reactive ketones (excluding diaryl/α,β-unsaturated/α-hetero) is 1. The van der Waals surface area contributed by atoms with Gasteiger partial charge in [0.15, 0.2) is 6.29 Å². The number of hydrogen-bond acceptors (Lipinski definition) is 10. The van der Waals surface area contributed by atoms with E-state index in [0.717, 1.165) is 36.8 Å². The van der Waals surface area contributed by atoms with E-state index in [0.29, 0.717) is 24.3 Å². The molecule has 2 aliphatic heterocycles. The highest BCUT2D eigenvalue weighted by atomic mass is 16.7. The Balaban J connectivity index is 1.14. The smallest absolute Gasteiger partial charge is 0.336 e. The summed E-state index contributed by atoms with van der Waals surface area (Å²) in [4.78, 5) is 26.5. The highest BCUT2D eigenvalue weighted by molar-refractivity contribution is 5.92. The first kappa shape index (κ1) is 32.0. The summed E-state index contributed by atoms with van der Waals surface area (Å²) in [6, 6.07) is 0. The van der Waals surface area contributed by atoms with Crippen LogP contribution in [0.3, 0.4) is 0 Å². The Morgan fingerprint density at radius 2 is 1.80 bits per heavy atom. The van der Waals surface area contributed by atoms with Gasteiger partial charge in [-0.3, -0.25) is 4.79 Å². The lowest BCUT2D eigenvalue weighted by atomic mass is 9.46. The molecule has 0 amide bonds. The van der Waals surface area contributed by atoms with Gasteiger partial charge in [-0.25, -0.2) is 4.79 Å². The average molecular weight is 617 g/mol. The molecular weight excluding hydrogens is 568 g/mol. The van der Waals surface area contributed by atoms with Gasteiger partial charge in [0.25, 0.3) is 0 Å². The molecule has 0 bridgehead atoms. The number of hydrogen-bond donors (Lipinski definition) is 5. The van der Waals surface area contributed by atoms with E-state index in [4.69, 9.17) is 14.2 Å². The summed E-state index contributed by atoms with van der Waals surface area (Å²) in [5, 5.41) is 51.2. The second-order valence-electron chi connectivity index (χ2n) is 14.6. The minimum atomic E-state index is -1.56. The zero-order valence-electron chi connectivity index (χ0n) is 26.1. The molecule has 4 aliphatic carbocycles. The van der Waals surface area contributed by atoms with Crippen molar-refractivity contribution in [2.24, 2.45) is 40.4 Å². The summed E-state index contributed by atoms with van der Waals surface area (Å²) in [6.07, 6.45) is 2.74. The predicted octanol–water partition coefficient (Wildman–Crippen LogP) is 1.97. The minimum absolute atomic E-state index is 0.0249. The predicted molar refractivity (Wildman–Crippen MR) is 158 cm³/mol. The van der Waals surface area contributed by atoms with Crippen LogP contribution in [0, 0.1) is 40.4 Å². The van der Waals surface area contributed by atoms with Crippen molar-refractivity contribution >= 4 is 11.8 Å². The van der Waals surface area contributed by atoms with Crippen LogP contribution >= 0.6 is 0 Å². The quantitative estimate of drug-likeness (QED) is 0.279. The minimum Gasteiger partial charge on any atom is -0.458 e. The number of esters is 1. The summed E-state index contributed by atoms with van der Waals surface area (Å²) in [5.41, 5.74) is 1.53. The topological polar surface area (TPSA) is 163 Å². The fourth-order valence-electron chi connectivity index (χ4n) is 9.99. The number of aliphatic hydroxyl groups is 5. The van der Waals surface area contributed by atoms with Crippen molar-refractivity contribution in [1.29, 1.82) is 0 Å². The summed E-state index contributed by atoms with van der Waals surface area (Å²) >= 11 is 0. The maximum absolute atomic E-state index is 13.3. The number of fused-ring (bicyclic) bond motifs is 5. The molecule has 0 spiro atoms. The van der Waals surface area contributed by atoms with E-state index in [2.05, 4.69) is 20.8 Å². The number of carbonyl (C=O) groups is 2. The third-order valence-electron chi connectivity index (χ3n) is 12.7. The number of cyclic esters (lactones) is 1. The van der Waals surface area contributed by atoms with Crippen LogP contribution in [0.15, 0.2) is 34.9 Å². The second-order valence-corrected chi connectivity index (χ2v) is 14.6. The standard InChI is InChI=1S/C34H48O10/c1-16-12-24(43-31(41)19(16)15-42-32-30(40)29(39)28(38)25(14-35)44-32)17(2)20-8-9-21-27-22(10-11-33(20,21)3)34(4)18(13-23(27)36)6-5-7-26(34)37/h5-6,13,17,20-25,27-30,32,35-36,38-40H,7-12,14-15H2,1-4H3. The molecule has 14 atom stereocenters. The van der Waals surface area contributed by atoms with Crippen LogP contribution in [-0.2, 0) is 23.8 Å². The van der Waals surface area contributed by atoms with E-state index in [-0.39, 0.29) is 47.6 Å². The molecule has 0 aromatic carbocycles. The molecule has 10 heteroatoms. The van der Waals surface area contributed by atoms with Crippen molar-refractivity contribution in [3.63, 3.8) is 0 Å². The lowest BCUT2D eigenvalue weighted by molar-refractivity contribution is -0.299. The Morgan fingerprint density at radius 3 is 2.50 bits per heavy atom. The van der Waals surface area contributed by atoms with Gasteiger partial charge in [-0.15, -0.1) is 0 Å².